The molecule has 0 saturated heterocycles. The lowest BCUT2D eigenvalue weighted by atomic mass is 9.93. The first-order valence-corrected chi connectivity index (χ1v) is 22.2. The van der Waals surface area contributed by atoms with Crippen molar-refractivity contribution in [2.24, 2.45) is 0 Å². The second-order valence-electron chi connectivity index (χ2n) is 17.2. The van der Waals surface area contributed by atoms with E-state index in [0.29, 0.717) is 0 Å². The monoisotopic (exact) mass is 810 g/mol. The summed E-state index contributed by atoms with van der Waals surface area (Å²) in [6.45, 7) is 0. The van der Waals surface area contributed by atoms with E-state index < -0.39 is 0 Å². The summed E-state index contributed by atoms with van der Waals surface area (Å²) in [7, 11) is 0. The van der Waals surface area contributed by atoms with E-state index >= 15 is 0 Å². The molecular weight excluding hydrogens is 773 g/mol. The van der Waals surface area contributed by atoms with E-state index in [-0.39, 0.29) is 0 Å². The number of aromatic nitrogens is 2. The number of nitrogens with zero attached hydrogens (tertiary/aromatic N) is 2. The third kappa shape index (κ3) is 5.08. The zero-order chi connectivity index (χ0) is 41.9. The molecule has 1 aliphatic rings. The summed E-state index contributed by atoms with van der Waals surface area (Å²) in [5.41, 5.74) is 19.8. The molecule has 2 aromatic heterocycles. The summed E-state index contributed by atoms with van der Waals surface area (Å²) in [6.07, 6.45) is 0. The van der Waals surface area contributed by atoms with E-state index in [0.717, 1.165) is 5.69 Å². The maximum Gasteiger partial charge on any atom is 0.0619 e. The average molecular weight is 811 g/mol. The predicted octanol–water partition coefficient (Wildman–Crippen LogP) is 16.8. The molecule has 11 aromatic carbocycles. The van der Waals surface area contributed by atoms with Crippen LogP contribution in [0.1, 0.15) is 0 Å². The minimum atomic E-state index is 1.15. The molecule has 0 N–H and O–H groups in total. The van der Waals surface area contributed by atoms with Crippen LogP contribution in [-0.2, 0) is 0 Å². The standard InChI is InChI=1S/C62H38N2/c1-2-12-45(13-3-1)64-60-36-29-44(38-57(60)55-32-27-41-11-4-5-14-48(41)62(55)64)43-28-35-59-56(37-43)51-17-8-9-20-58(51)63(59)46-30-25-40(26-31-46)39-21-23-42(24-22-39)47-33-34-54-50-16-7-6-15-49(50)53-19-10-18-52(47)61(53)54/h1-38H. The summed E-state index contributed by atoms with van der Waals surface area (Å²) < 4.78 is 4.85. The zero-order valence-corrected chi connectivity index (χ0v) is 34.8. The van der Waals surface area contributed by atoms with Crippen LogP contribution in [0.4, 0.5) is 0 Å². The van der Waals surface area contributed by atoms with Gasteiger partial charge >= 0.3 is 0 Å². The molecule has 14 rings (SSSR count). The quantitative estimate of drug-likeness (QED) is 0.164. The molecule has 0 amide bonds. The summed E-state index contributed by atoms with van der Waals surface area (Å²) in [4.78, 5) is 0. The zero-order valence-electron chi connectivity index (χ0n) is 34.8. The molecule has 0 bridgehead atoms. The van der Waals surface area contributed by atoms with Gasteiger partial charge < -0.3 is 9.13 Å². The number of hydrogen-bond donors (Lipinski definition) is 0. The van der Waals surface area contributed by atoms with Crippen LogP contribution in [0.3, 0.4) is 0 Å². The van der Waals surface area contributed by atoms with Crippen molar-refractivity contribution in [3.05, 3.63) is 231 Å². The lowest BCUT2D eigenvalue weighted by molar-refractivity contribution is 1.18. The lowest BCUT2D eigenvalue weighted by Crippen LogP contribution is -1.94. The highest BCUT2D eigenvalue weighted by molar-refractivity contribution is 6.20. The van der Waals surface area contributed by atoms with Crippen molar-refractivity contribution >= 4 is 65.2 Å². The lowest BCUT2D eigenvalue weighted by Gasteiger charge is -2.12. The Morgan fingerprint density at radius 1 is 0.234 bits per heavy atom. The Bertz CT molecular complexity index is 4010. The van der Waals surface area contributed by atoms with E-state index in [1.165, 1.54) is 126 Å². The fraction of sp³-hybridized carbons (Fsp3) is 0. The van der Waals surface area contributed by atoms with E-state index in [2.05, 4.69) is 240 Å². The molecule has 296 valence electrons. The van der Waals surface area contributed by atoms with E-state index in [4.69, 9.17) is 0 Å². The SMILES string of the molecule is c1ccc(-n2c3ccc(-c4ccc5c(c4)c4ccccc4n5-c4ccc(-c5ccc(-c6ccc7c8c(cccc68)-c6ccccc6-7)cc5)cc4)cc3c3ccc4ccccc4c32)cc1. The van der Waals surface area contributed by atoms with Crippen molar-refractivity contribution in [2.45, 2.75) is 0 Å². The summed E-state index contributed by atoms with van der Waals surface area (Å²) in [5.74, 6) is 0. The van der Waals surface area contributed by atoms with Crippen molar-refractivity contribution in [1.29, 1.82) is 0 Å². The minimum Gasteiger partial charge on any atom is -0.309 e. The van der Waals surface area contributed by atoms with Gasteiger partial charge in [0.15, 0.2) is 0 Å². The van der Waals surface area contributed by atoms with Crippen molar-refractivity contribution in [2.75, 3.05) is 0 Å². The van der Waals surface area contributed by atoms with Gasteiger partial charge in [-0.1, -0.05) is 176 Å². The van der Waals surface area contributed by atoms with Gasteiger partial charge in [-0.3, -0.25) is 0 Å². The highest BCUT2D eigenvalue weighted by atomic mass is 15.0. The molecule has 0 saturated carbocycles. The molecule has 13 aromatic rings. The Hall–Kier alpha value is -8.46. The maximum atomic E-state index is 2.43. The number of hydrogen-bond acceptors (Lipinski definition) is 0. The molecule has 0 aliphatic heterocycles. The van der Waals surface area contributed by atoms with Gasteiger partial charge in [-0.15, -0.1) is 0 Å². The Morgan fingerprint density at radius 3 is 1.52 bits per heavy atom. The molecule has 2 heterocycles. The van der Waals surface area contributed by atoms with Gasteiger partial charge in [-0.2, -0.15) is 0 Å². The van der Waals surface area contributed by atoms with E-state index in [1.54, 1.807) is 0 Å². The van der Waals surface area contributed by atoms with Crippen molar-refractivity contribution < 1.29 is 0 Å². The van der Waals surface area contributed by atoms with Crippen LogP contribution in [0.5, 0.6) is 0 Å². The smallest absolute Gasteiger partial charge is 0.0619 e. The highest BCUT2D eigenvalue weighted by Gasteiger charge is 2.23. The summed E-state index contributed by atoms with van der Waals surface area (Å²) in [6, 6.07) is 85.1. The van der Waals surface area contributed by atoms with Gasteiger partial charge in [-0.05, 0) is 126 Å². The molecule has 1 aliphatic carbocycles. The normalized spacial score (nSPS) is 12.1. The van der Waals surface area contributed by atoms with Crippen LogP contribution < -0.4 is 0 Å². The number of rotatable bonds is 5. The molecule has 0 atom stereocenters. The molecule has 0 fully saturated rings. The van der Waals surface area contributed by atoms with E-state index in [1.807, 2.05) is 0 Å². The van der Waals surface area contributed by atoms with Crippen molar-refractivity contribution in [3.63, 3.8) is 0 Å². The predicted molar refractivity (Wildman–Crippen MR) is 271 cm³/mol. The Morgan fingerprint density at radius 2 is 0.750 bits per heavy atom. The highest BCUT2D eigenvalue weighted by Crippen LogP contribution is 2.49. The molecule has 2 nitrogen and oxygen atoms in total. The molecular formula is C62H38N2. The first-order valence-electron chi connectivity index (χ1n) is 22.2. The maximum absolute atomic E-state index is 2.43. The first kappa shape index (κ1) is 35.2. The molecule has 0 radical (unpaired) electrons. The van der Waals surface area contributed by atoms with Crippen LogP contribution in [0.25, 0.3) is 132 Å². The van der Waals surface area contributed by atoms with Crippen LogP contribution in [0.2, 0.25) is 0 Å². The second-order valence-corrected chi connectivity index (χ2v) is 17.2. The summed E-state index contributed by atoms with van der Waals surface area (Å²) in [5, 5.41) is 10.2. The van der Waals surface area contributed by atoms with Gasteiger partial charge in [-0.25, -0.2) is 0 Å². The van der Waals surface area contributed by atoms with Gasteiger partial charge in [0.2, 0.25) is 0 Å². The van der Waals surface area contributed by atoms with Crippen molar-refractivity contribution in [1.82, 2.24) is 9.13 Å². The molecule has 2 heteroatoms. The molecule has 0 spiro atoms. The summed E-state index contributed by atoms with van der Waals surface area (Å²) >= 11 is 0. The van der Waals surface area contributed by atoms with Gasteiger partial charge in [0.25, 0.3) is 0 Å². The molecule has 0 unspecified atom stereocenters. The Balaban J connectivity index is 0.825. The third-order valence-electron chi connectivity index (χ3n) is 13.9. The average Bonchev–Trinajstić information content (AvgIpc) is 4.01. The largest absolute Gasteiger partial charge is 0.309 e. The third-order valence-corrected chi connectivity index (χ3v) is 13.9. The van der Waals surface area contributed by atoms with Crippen molar-refractivity contribution in [3.8, 4) is 67.0 Å². The number of para-hydroxylation sites is 2. The van der Waals surface area contributed by atoms with Gasteiger partial charge in [0.05, 0.1) is 22.1 Å². The number of benzene rings is 11. The second kappa shape index (κ2) is 13.5. The van der Waals surface area contributed by atoms with Crippen LogP contribution in [0, 0.1) is 0 Å². The van der Waals surface area contributed by atoms with E-state index in [9.17, 15) is 0 Å². The molecule has 64 heavy (non-hydrogen) atoms. The van der Waals surface area contributed by atoms with Gasteiger partial charge in [0, 0.05) is 38.3 Å². The Labute approximate surface area is 370 Å². The topological polar surface area (TPSA) is 9.86 Å². The number of fused-ring (bicyclic) bond motifs is 11. The fourth-order valence-corrected chi connectivity index (χ4v) is 10.9. The van der Waals surface area contributed by atoms with Crippen LogP contribution >= 0.6 is 0 Å². The van der Waals surface area contributed by atoms with Gasteiger partial charge in [0.1, 0.15) is 0 Å². The van der Waals surface area contributed by atoms with Crippen LogP contribution in [0.15, 0.2) is 231 Å². The fourth-order valence-electron chi connectivity index (χ4n) is 10.9. The van der Waals surface area contributed by atoms with Crippen LogP contribution in [-0.4, -0.2) is 9.13 Å². The Kier molecular flexibility index (Phi) is 7.43. The minimum absolute atomic E-state index is 1.15. The first-order chi connectivity index (χ1) is 31.7.